The molecular weight excluding hydrogens is 415 g/mol. The molecule has 0 unspecified atom stereocenters. The average Bonchev–Trinajstić information content (AvgIpc) is 3.00. The first-order chi connectivity index (χ1) is 15.2. The van der Waals surface area contributed by atoms with Crippen LogP contribution in [0.4, 0.5) is 14.9 Å². The smallest absolute Gasteiger partial charge is 0.325 e. The summed E-state index contributed by atoms with van der Waals surface area (Å²) < 4.78 is 14.4. The fourth-order valence-electron chi connectivity index (χ4n) is 5.05. The van der Waals surface area contributed by atoms with Gasteiger partial charge >= 0.3 is 6.03 Å². The van der Waals surface area contributed by atoms with Crippen LogP contribution < -0.4 is 10.2 Å². The molecule has 9 heteroatoms. The number of urea groups is 1. The van der Waals surface area contributed by atoms with Crippen molar-refractivity contribution in [3.8, 4) is 0 Å². The summed E-state index contributed by atoms with van der Waals surface area (Å²) in [5, 5.41) is 2.87. The standard InChI is InChI=1S/C23H29FN4O4/c1-15-5-3-4-8-23(15)21(31)28(22(32)25-23)14-20(30)27-11-9-26(10-12-27)19-7-6-17(16(2)29)13-18(19)24/h6-7,13,15H,3-5,8-12,14H2,1-2H3,(H,25,32)/t15-,23+/m1/s1. The van der Waals surface area contributed by atoms with Gasteiger partial charge in [0, 0.05) is 31.7 Å². The van der Waals surface area contributed by atoms with E-state index in [1.165, 1.54) is 13.0 Å². The van der Waals surface area contributed by atoms with E-state index >= 15 is 0 Å². The SMILES string of the molecule is CC(=O)c1ccc(N2CCN(C(=O)CN3C(=O)N[C@]4(CCCC[C@H]4C)C3=O)CC2)c(F)c1. The predicted molar refractivity (Wildman–Crippen MR) is 116 cm³/mol. The van der Waals surface area contributed by atoms with Crippen LogP contribution in [0, 0.1) is 11.7 Å². The molecule has 1 saturated carbocycles. The molecule has 172 valence electrons. The van der Waals surface area contributed by atoms with Crippen LogP contribution >= 0.6 is 0 Å². The number of hydrogen-bond donors (Lipinski definition) is 1. The predicted octanol–water partition coefficient (Wildman–Crippen LogP) is 2.18. The highest BCUT2D eigenvalue weighted by Gasteiger charge is 2.55. The number of carbonyl (C=O) groups is 4. The first-order valence-electron chi connectivity index (χ1n) is 11.2. The Kier molecular flexibility index (Phi) is 5.92. The molecule has 2 aliphatic heterocycles. The molecule has 8 nitrogen and oxygen atoms in total. The van der Waals surface area contributed by atoms with E-state index in [4.69, 9.17) is 0 Å². The van der Waals surface area contributed by atoms with E-state index in [9.17, 15) is 23.6 Å². The summed E-state index contributed by atoms with van der Waals surface area (Å²) in [7, 11) is 0. The molecule has 1 N–H and O–H groups in total. The van der Waals surface area contributed by atoms with Crippen molar-refractivity contribution in [2.75, 3.05) is 37.6 Å². The van der Waals surface area contributed by atoms with Gasteiger partial charge in [-0.25, -0.2) is 9.18 Å². The highest BCUT2D eigenvalue weighted by molar-refractivity contribution is 6.09. The maximum atomic E-state index is 14.4. The zero-order chi connectivity index (χ0) is 23.0. The molecule has 4 rings (SSSR count). The Hall–Kier alpha value is -2.97. The summed E-state index contributed by atoms with van der Waals surface area (Å²) in [5.74, 6) is -1.21. The molecule has 0 aromatic heterocycles. The van der Waals surface area contributed by atoms with Gasteiger partial charge in [-0.3, -0.25) is 19.3 Å². The van der Waals surface area contributed by atoms with Crippen LogP contribution in [0.1, 0.15) is 49.9 Å². The molecule has 2 saturated heterocycles. The molecule has 4 amide bonds. The molecular formula is C23H29FN4O4. The Morgan fingerprint density at radius 1 is 1.16 bits per heavy atom. The van der Waals surface area contributed by atoms with E-state index in [1.54, 1.807) is 17.0 Å². The van der Waals surface area contributed by atoms with Crippen molar-refractivity contribution in [2.45, 2.75) is 45.1 Å². The molecule has 2 atom stereocenters. The number of anilines is 1. The Morgan fingerprint density at radius 2 is 1.88 bits per heavy atom. The van der Waals surface area contributed by atoms with Gasteiger partial charge in [-0.1, -0.05) is 19.8 Å². The Balaban J connectivity index is 1.36. The normalized spacial score (nSPS) is 26.0. The molecule has 3 aliphatic rings. The Morgan fingerprint density at radius 3 is 2.50 bits per heavy atom. The molecule has 0 radical (unpaired) electrons. The number of nitrogens with zero attached hydrogens (tertiary/aromatic N) is 3. The maximum Gasteiger partial charge on any atom is 0.325 e. The zero-order valence-electron chi connectivity index (χ0n) is 18.5. The van der Waals surface area contributed by atoms with Gasteiger partial charge < -0.3 is 15.1 Å². The van der Waals surface area contributed by atoms with E-state index in [1.807, 2.05) is 11.8 Å². The van der Waals surface area contributed by atoms with E-state index in [0.29, 0.717) is 43.9 Å². The lowest BCUT2D eigenvalue weighted by Gasteiger charge is -2.37. The minimum Gasteiger partial charge on any atom is -0.366 e. The second-order valence-corrected chi connectivity index (χ2v) is 9.03. The molecule has 1 aliphatic carbocycles. The van der Waals surface area contributed by atoms with Gasteiger partial charge in [0.2, 0.25) is 5.91 Å². The van der Waals surface area contributed by atoms with Crippen molar-refractivity contribution in [2.24, 2.45) is 5.92 Å². The summed E-state index contributed by atoms with van der Waals surface area (Å²) >= 11 is 0. The highest BCUT2D eigenvalue weighted by atomic mass is 19.1. The maximum absolute atomic E-state index is 14.4. The molecule has 3 fully saturated rings. The number of benzene rings is 1. The third kappa shape index (κ3) is 3.84. The van der Waals surface area contributed by atoms with Crippen LogP contribution in [0.2, 0.25) is 0 Å². The van der Waals surface area contributed by atoms with Crippen molar-refractivity contribution >= 4 is 29.3 Å². The van der Waals surface area contributed by atoms with Crippen LogP contribution in [0.3, 0.4) is 0 Å². The second kappa shape index (κ2) is 8.52. The number of Topliss-reactive ketones (excluding diaryl/α,β-unsaturated/α-hetero) is 1. The van der Waals surface area contributed by atoms with Gasteiger partial charge in [0.05, 0.1) is 5.69 Å². The van der Waals surface area contributed by atoms with Gasteiger partial charge in [0.25, 0.3) is 5.91 Å². The number of ketones is 1. The largest absolute Gasteiger partial charge is 0.366 e. The van der Waals surface area contributed by atoms with E-state index < -0.39 is 17.4 Å². The van der Waals surface area contributed by atoms with E-state index in [2.05, 4.69) is 5.32 Å². The van der Waals surface area contributed by atoms with Crippen LogP contribution in [0.25, 0.3) is 0 Å². The lowest BCUT2D eigenvalue weighted by atomic mass is 9.73. The van der Waals surface area contributed by atoms with Gasteiger partial charge in [-0.15, -0.1) is 0 Å². The second-order valence-electron chi connectivity index (χ2n) is 9.03. The van der Waals surface area contributed by atoms with Gasteiger partial charge in [-0.05, 0) is 43.9 Å². The summed E-state index contributed by atoms with van der Waals surface area (Å²) in [6.07, 6.45) is 3.40. The number of carbonyl (C=O) groups excluding carboxylic acids is 4. The zero-order valence-corrected chi connectivity index (χ0v) is 18.5. The lowest BCUT2D eigenvalue weighted by molar-refractivity contribution is -0.140. The van der Waals surface area contributed by atoms with Crippen LogP contribution in [-0.2, 0) is 9.59 Å². The number of amides is 4. The van der Waals surface area contributed by atoms with E-state index in [0.717, 1.165) is 24.2 Å². The molecule has 1 spiro atoms. The van der Waals surface area contributed by atoms with Crippen molar-refractivity contribution in [3.05, 3.63) is 29.6 Å². The van der Waals surface area contributed by atoms with Crippen molar-refractivity contribution in [1.29, 1.82) is 0 Å². The summed E-state index contributed by atoms with van der Waals surface area (Å²) in [4.78, 5) is 54.4. The Bertz CT molecular complexity index is 959. The van der Waals surface area contributed by atoms with Crippen molar-refractivity contribution in [3.63, 3.8) is 0 Å². The Labute approximate surface area is 186 Å². The molecule has 0 bridgehead atoms. The van der Waals surface area contributed by atoms with Gasteiger partial charge in [0.15, 0.2) is 5.78 Å². The first-order valence-corrected chi connectivity index (χ1v) is 11.2. The third-order valence-electron chi connectivity index (χ3n) is 7.12. The summed E-state index contributed by atoms with van der Waals surface area (Å²) in [5.41, 5.74) is -0.166. The number of hydrogen-bond acceptors (Lipinski definition) is 5. The lowest BCUT2D eigenvalue weighted by Crippen LogP contribution is -2.55. The number of halogens is 1. The van der Waals surface area contributed by atoms with E-state index in [-0.39, 0.29) is 30.1 Å². The highest BCUT2D eigenvalue weighted by Crippen LogP contribution is 2.38. The number of nitrogens with one attached hydrogen (secondary N) is 1. The number of rotatable bonds is 4. The summed E-state index contributed by atoms with van der Waals surface area (Å²) in [6.45, 7) is 4.65. The number of piperazine rings is 1. The molecule has 32 heavy (non-hydrogen) atoms. The first kappa shape index (κ1) is 22.2. The average molecular weight is 445 g/mol. The van der Waals surface area contributed by atoms with Crippen molar-refractivity contribution in [1.82, 2.24) is 15.1 Å². The molecule has 1 aromatic carbocycles. The quantitative estimate of drug-likeness (QED) is 0.568. The summed E-state index contributed by atoms with van der Waals surface area (Å²) in [6, 6.07) is 3.91. The molecule has 2 heterocycles. The monoisotopic (exact) mass is 444 g/mol. The topological polar surface area (TPSA) is 90.0 Å². The van der Waals surface area contributed by atoms with Gasteiger partial charge in [0.1, 0.15) is 17.9 Å². The van der Waals surface area contributed by atoms with Crippen LogP contribution in [0.5, 0.6) is 0 Å². The number of imide groups is 1. The van der Waals surface area contributed by atoms with Crippen LogP contribution in [0.15, 0.2) is 18.2 Å². The van der Waals surface area contributed by atoms with Crippen molar-refractivity contribution < 1.29 is 23.6 Å². The minimum absolute atomic E-state index is 0.0423. The fraction of sp³-hybridized carbons (Fsp3) is 0.565. The van der Waals surface area contributed by atoms with Gasteiger partial charge in [-0.2, -0.15) is 0 Å². The fourth-order valence-corrected chi connectivity index (χ4v) is 5.05. The minimum atomic E-state index is -0.877. The third-order valence-corrected chi connectivity index (χ3v) is 7.12. The molecule has 1 aromatic rings. The van der Waals surface area contributed by atoms with Crippen LogP contribution in [-0.4, -0.2) is 71.7 Å².